The van der Waals surface area contributed by atoms with Gasteiger partial charge in [-0.1, -0.05) is 46.3 Å². The van der Waals surface area contributed by atoms with E-state index in [9.17, 15) is 5.11 Å². The third-order valence-corrected chi connectivity index (χ3v) is 4.20. The van der Waals surface area contributed by atoms with Gasteiger partial charge in [-0.15, -0.1) is 0 Å². The van der Waals surface area contributed by atoms with Gasteiger partial charge in [-0.05, 0) is 23.3 Å². The summed E-state index contributed by atoms with van der Waals surface area (Å²) in [5, 5.41) is 12.9. The molecule has 21 heavy (non-hydrogen) atoms. The van der Waals surface area contributed by atoms with Gasteiger partial charge in [-0.25, -0.2) is 0 Å². The molecule has 1 atom stereocenters. The number of nitrogens with one attached hydrogen (secondary N) is 1. The number of ether oxygens (including phenoxy) is 2. The Kier molecular flexibility index (Phi) is 4.43. The molecule has 1 unspecified atom stereocenters. The van der Waals surface area contributed by atoms with E-state index in [4.69, 9.17) is 9.47 Å². The Labute approximate surface area is 131 Å². The monoisotopic (exact) mass is 349 g/mol. The summed E-state index contributed by atoms with van der Waals surface area (Å²) >= 11 is 3.54. The molecule has 1 heterocycles. The van der Waals surface area contributed by atoms with E-state index in [1.807, 2.05) is 42.5 Å². The molecular weight excluding hydrogens is 334 g/mol. The molecule has 110 valence electrons. The molecule has 0 aromatic heterocycles. The summed E-state index contributed by atoms with van der Waals surface area (Å²) in [6.07, 6.45) is 0. The Morgan fingerprint density at radius 2 is 1.86 bits per heavy atom. The van der Waals surface area contributed by atoms with Crippen molar-refractivity contribution in [3.05, 3.63) is 58.1 Å². The summed E-state index contributed by atoms with van der Waals surface area (Å²) in [5.41, 5.74) is 2.13. The van der Waals surface area contributed by atoms with E-state index in [1.165, 1.54) is 0 Å². The average molecular weight is 350 g/mol. The van der Waals surface area contributed by atoms with Crippen LogP contribution in [0.5, 0.6) is 11.5 Å². The maximum absolute atomic E-state index is 9.56. The molecule has 0 aliphatic carbocycles. The van der Waals surface area contributed by atoms with E-state index in [0.29, 0.717) is 6.54 Å². The molecule has 5 heteroatoms. The molecule has 0 amide bonds. The van der Waals surface area contributed by atoms with Crippen LogP contribution in [0.25, 0.3) is 0 Å². The summed E-state index contributed by atoms with van der Waals surface area (Å²) in [6, 6.07) is 13.7. The van der Waals surface area contributed by atoms with Gasteiger partial charge in [0.25, 0.3) is 0 Å². The molecule has 0 saturated carbocycles. The minimum Gasteiger partial charge on any atom is -0.454 e. The number of aliphatic hydroxyl groups is 1. The molecule has 0 fully saturated rings. The zero-order valence-electron chi connectivity index (χ0n) is 11.4. The number of benzene rings is 2. The second-order valence-corrected chi connectivity index (χ2v) is 5.68. The lowest BCUT2D eigenvalue weighted by molar-refractivity contribution is 0.174. The van der Waals surface area contributed by atoms with E-state index in [0.717, 1.165) is 27.1 Å². The Bertz CT molecular complexity index is 618. The smallest absolute Gasteiger partial charge is 0.231 e. The van der Waals surface area contributed by atoms with Crippen LogP contribution >= 0.6 is 15.9 Å². The SMILES string of the molecule is OCC(NCc1cc2c(cc1Br)OCO2)c1ccccc1. The first-order chi connectivity index (χ1) is 10.3. The molecule has 0 spiro atoms. The van der Waals surface area contributed by atoms with Gasteiger partial charge in [-0.2, -0.15) is 0 Å². The van der Waals surface area contributed by atoms with Crippen LogP contribution in [-0.4, -0.2) is 18.5 Å². The zero-order chi connectivity index (χ0) is 14.7. The Morgan fingerprint density at radius 1 is 1.14 bits per heavy atom. The van der Waals surface area contributed by atoms with Crippen LogP contribution in [-0.2, 0) is 6.54 Å². The number of rotatable bonds is 5. The molecule has 2 N–H and O–H groups in total. The molecule has 1 aliphatic heterocycles. The van der Waals surface area contributed by atoms with E-state index < -0.39 is 0 Å². The van der Waals surface area contributed by atoms with E-state index in [-0.39, 0.29) is 19.4 Å². The van der Waals surface area contributed by atoms with E-state index in [1.54, 1.807) is 0 Å². The fourth-order valence-corrected chi connectivity index (χ4v) is 2.76. The minimum absolute atomic E-state index is 0.0478. The summed E-state index contributed by atoms with van der Waals surface area (Å²) in [6.45, 7) is 0.936. The highest BCUT2D eigenvalue weighted by atomic mass is 79.9. The van der Waals surface area contributed by atoms with Crippen LogP contribution in [0, 0.1) is 0 Å². The fourth-order valence-electron chi connectivity index (χ4n) is 2.30. The van der Waals surface area contributed by atoms with Gasteiger partial charge in [-0.3, -0.25) is 0 Å². The Hall–Kier alpha value is -1.56. The lowest BCUT2D eigenvalue weighted by Crippen LogP contribution is -2.24. The van der Waals surface area contributed by atoms with Crippen LogP contribution in [0.2, 0.25) is 0 Å². The summed E-state index contributed by atoms with van der Waals surface area (Å²) in [4.78, 5) is 0. The predicted molar refractivity (Wildman–Crippen MR) is 83.4 cm³/mol. The lowest BCUT2D eigenvalue weighted by atomic mass is 10.1. The Morgan fingerprint density at radius 3 is 2.57 bits per heavy atom. The number of fused-ring (bicyclic) bond motifs is 1. The molecular formula is C16H16BrNO3. The second kappa shape index (κ2) is 6.47. The first kappa shape index (κ1) is 14.4. The van der Waals surface area contributed by atoms with Crippen molar-refractivity contribution in [2.45, 2.75) is 12.6 Å². The molecule has 2 aromatic rings. The van der Waals surface area contributed by atoms with Gasteiger partial charge in [0.15, 0.2) is 11.5 Å². The van der Waals surface area contributed by atoms with Gasteiger partial charge >= 0.3 is 0 Å². The highest BCUT2D eigenvalue weighted by molar-refractivity contribution is 9.10. The normalized spacial score (nSPS) is 14.2. The minimum atomic E-state index is -0.0940. The van der Waals surface area contributed by atoms with Crippen molar-refractivity contribution >= 4 is 15.9 Å². The third kappa shape index (κ3) is 3.20. The van der Waals surface area contributed by atoms with Crippen LogP contribution in [0.1, 0.15) is 17.2 Å². The highest BCUT2D eigenvalue weighted by Crippen LogP contribution is 2.37. The standard InChI is InChI=1S/C16H16BrNO3/c17-13-7-16-15(20-10-21-16)6-12(13)8-18-14(9-19)11-4-2-1-3-5-11/h1-7,14,18-19H,8-10H2. The number of aliphatic hydroxyl groups excluding tert-OH is 1. The fraction of sp³-hybridized carbons (Fsp3) is 0.250. The Balaban J connectivity index is 1.72. The van der Waals surface area contributed by atoms with Gasteiger partial charge in [0, 0.05) is 11.0 Å². The van der Waals surface area contributed by atoms with Crippen LogP contribution in [0.15, 0.2) is 46.9 Å². The van der Waals surface area contributed by atoms with E-state index >= 15 is 0 Å². The van der Waals surface area contributed by atoms with Crippen molar-refractivity contribution in [1.29, 1.82) is 0 Å². The molecule has 0 saturated heterocycles. The van der Waals surface area contributed by atoms with Crippen molar-refractivity contribution in [1.82, 2.24) is 5.32 Å². The van der Waals surface area contributed by atoms with Crippen LogP contribution in [0.4, 0.5) is 0 Å². The van der Waals surface area contributed by atoms with Gasteiger partial charge in [0.1, 0.15) is 0 Å². The first-order valence-electron chi connectivity index (χ1n) is 6.75. The topological polar surface area (TPSA) is 50.7 Å². The molecule has 3 rings (SSSR count). The van der Waals surface area contributed by atoms with Crippen molar-refractivity contribution in [3.8, 4) is 11.5 Å². The maximum atomic E-state index is 9.56. The third-order valence-electron chi connectivity index (χ3n) is 3.47. The first-order valence-corrected chi connectivity index (χ1v) is 7.54. The molecule has 0 bridgehead atoms. The van der Waals surface area contributed by atoms with Crippen molar-refractivity contribution in [3.63, 3.8) is 0 Å². The molecule has 1 aliphatic rings. The molecule has 4 nitrogen and oxygen atoms in total. The molecule has 0 radical (unpaired) electrons. The lowest BCUT2D eigenvalue weighted by Gasteiger charge is -2.17. The summed E-state index contributed by atoms with van der Waals surface area (Å²) in [5.74, 6) is 1.52. The number of hydrogen-bond acceptors (Lipinski definition) is 4. The number of hydrogen-bond donors (Lipinski definition) is 2. The van der Waals surface area contributed by atoms with Crippen molar-refractivity contribution in [2.24, 2.45) is 0 Å². The summed E-state index contributed by atoms with van der Waals surface area (Å²) < 4.78 is 11.7. The van der Waals surface area contributed by atoms with Crippen LogP contribution < -0.4 is 14.8 Å². The molecule has 2 aromatic carbocycles. The van der Waals surface area contributed by atoms with Crippen molar-refractivity contribution < 1.29 is 14.6 Å². The highest BCUT2D eigenvalue weighted by Gasteiger charge is 2.17. The summed E-state index contributed by atoms with van der Waals surface area (Å²) in [7, 11) is 0. The quantitative estimate of drug-likeness (QED) is 0.871. The van der Waals surface area contributed by atoms with Crippen molar-refractivity contribution in [2.75, 3.05) is 13.4 Å². The average Bonchev–Trinajstić information content (AvgIpc) is 2.96. The van der Waals surface area contributed by atoms with E-state index in [2.05, 4.69) is 21.2 Å². The maximum Gasteiger partial charge on any atom is 0.231 e. The number of halogens is 1. The van der Waals surface area contributed by atoms with Crippen LogP contribution in [0.3, 0.4) is 0 Å². The van der Waals surface area contributed by atoms with Gasteiger partial charge in [0.05, 0.1) is 12.6 Å². The van der Waals surface area contributed by atoms with Gasteiger partial charge in [0.2, 0.25) is 6.79 Å². The zero-order valence-corrected chi connectivity index (χ0v) is 13.0. The largest absolute Gasteiger partial charge is 0.454 e. The second-order valence-electron chi connectivity index (χ2n) is 4.82. The van der Waals surface area contributed by atoms with Gasteiger partial charge < -0.3 is 19.9 Å². The predicted octanol–water partition coefficient (Wildman–Crippen LogP) is 3.00.